The zero-order valence-corrected chi connectivity index (χ0v) is 12.6. The van der Waals surface area contributed by atoms with Gasteiger partial charge in [-0.1, -0.05) is 17.7 Å². The number of pyridine rings is 1. The highest BCUT2D eigenvalue weighted by molar-refractivity contribution is 7.85. The third-order valence-electron chi connectivity index (χ3n) is 2.59. The molecule has 20 heavy (non-hydrogen) atoms. The normalized spacial score (nSPS) is 10.4. The van der Waals surface area contributed by atoms with Crippen molar-refractivity contribution in [3.05, 3.63) is 54.4 Å². The topological polar surface area (TPSA) is 70.3 Å². The van der Waals surface area contributed by atoms with Crippen LogP contribution in [-0.2, 0) is 17.2 Å². The number of aromatic nitrogens is 1. The predicted molar refractivity (Wildman–Crippen MR) is 78.2 cm³/mol. The fourth-order valence-corrected chi connectivity index (χ4v) is 1.86. The lowest BCUT2D eigenvalue weighted by Gasteiger charge is -1.95. The molecule has 2 aromatic rings. The molecule has 0 aliphatic rings. The van der Waals surface area contributed by atoms with Crippen LogP contribution in [0.4, 0.5) is 5.69 Å². The first kappa shape index (κ1) is 16.1. The lowest BCUT2D eigenvalue weighted by Crippen LogP contribution is -2.25. The molecule has 0 fully saturated rings. The zero-order valence-electron chi connectivity index (χ0n) is 11.7. The molecule has 1 aromatic heterocycles. The molecule has 0 saturated carbocycles. The van der Waals surface area contributed by atoms with Gasteiger partial charge in [0.05, 0.1) is 4.90 Å². The molecular weight excluding hydrogens is 276 g/mol. The Kier molecular flexibility index (Phi) is 5.66. The lowest BCUT2D eigenvalue weighted by atomic mass is 10.2. The molecule has 1 aromatic carbocycles. The third-order valence-corrected chi connectivity index (χ3v) is 3.45. The summed E-state index contributed by atoms with van der Waals surface area (Å²) in [5, 5.41) is 3.04. The molecule has 108 valence electrons. The second kappa shape index (κ2) is 7.02. The number of nitrogens with zero attached hydrogens (tertiary/aromatic N) is 1. The average molecular weight is 295 g/mol. The summed E-state index contributed by atoms with van der Waals surface area (Å²) in [5.41, 5.74) is 2.10. The smallest absolute Gasteiger partial charge is 0.294 e. The highest BCUT2D eigenvalue weighted by Crippen LogP contribution is 2.08. The Bertz CT molecular complexity index is 635. The van der Waals surface area contributed by atoms with E-state index in [1.54, 1.807) is 12.1 Å². The van der Waals surface area contributed by atoms with Gasteiger partial charge in [0.2, 0.25) is 0 Å². The first-order chi connectivity index (χ1) is 9.32. The first-order valence-electron chi connectivity index (χ1n) is 6.00. The molecule has 0 spiro atoms. The number of aryl methyl sites for hydroxylation is 2. The first-order valence-corrected chi connectivity index (χ1v) is 7.44. The van der Waals surface area contributed by atoms with E-state index in [9.17, 15) is 8.42 Å². The number of nitrogens with one attached hydrogen (secondary N) is 1. The van der Waals surface area contributed by atoms with Crippen LogP contribution < -0.4 is 9.88 Å². The maximum absolute atomic E-state index is 10.5. The Balaban J connectivity index is 0.000000204. The molecule has 1 heterocycles. The highest BCUT2D eigenvalue weighted by Gasteiger charge is 2.06. The van der Waals surface area contributed by atoms with Gasteiger partial charge in [-0.3, -0.25) is 4.55 Å². The molecule has 0 radical (unpaired) electrons. The van der Waals surface area contributed by atoms with Gasteiger partial charge in [0.1, 0.15) is 7.05 Å². The minimum atomic E-state index is -4.02. The standard InChI is InChI=1S/C7H10N2.C7H8O3S/c1-8-7-3-5-9(2)6-4-7;1-6-2-4-7(5-3-6)11(8,9)10/h3-6H,1-2H3;2-5H,1H3,(H,8,9,10)/p+1. The highest BCUT2D eigenvalue weighted by atomic mass is 32.2. The van der Waals surface area contributed by atoms with Crippen LogP contribution in [0.25, 0.3) is 0 Å². The van der Waals surface area contributed by atoms with E-state index in [0.29, 0.717) is 0 Å². The van der Waals surface area contributed by atoms with Crippen LogP contribution in [0, 0.1) is 6.92 Å². The summed E-state index contributed by atoms with van der Waals surface area (Å²) in [5.74, 6) is 0. The van der Waals surface area contributed by atoms with E-state index in [0.717, 1.165) is 11.3 Å². The van der Waals surface area contributed by atoms with E-state index in [1.807, 2.05) is 50.1 Å². The van der Waals surface area contributed by atoms with Crippen LogP contribution >= 0.6 is 0 Å². The van der Waals surface area contributed by atoms with E-state index in [1.165, 1.54) is 12.1 Å². The Labute approximate surface area is 119 Å². The Morgan fingerprint density at radius 1 is 1.05 bits per heavy atom. The Hall–Kier alpha value is -1.92. The van der Waals surface area contributed by atoms with Gasteiger partial charge in [-0.25, -0.2) is 4.57 Å². The van der Waals surface area contributed by atoms with Gasteiger partial charge in [-0.05, 0) is 19.1 Å². The van der Waals surface area contributed by atoms with Gasteiger partial charge < -0.3 is 5.32 Å². The number of benzene rings is 1. The molecule has 0 bridgehead atoms. The van der Waals surface area contributed by atoms with E-state index in [2.05, 4.69) is 5.32 Å². The van der Waals surface area contributed by atoms with E-state index >= 15 is 0 Å². The summed E-state index contributed by atoms with van der Waals surface area (Å²) in [6.07, 6.45) is 4.01. The minimum absolute atomic E-state index is 0.0666. The summed E-state index contributed by atoms with van der Waals surface area (Å²) in [6.45, 7) is 1.84. The van der Waals surface area contributed by atoms with E-state index in [4.69, 9.17) is 4.55 Å². The van der Waals surface area contributed by atoms with Crippen molar-refractivity contribution in [3.63, 3.8) is 0 Å². The van der Waals surface area contributed by atoms with Crippen molar-refractivity contribution in [2.75, 3.05) is 12.4 Å². The van der Waals surface area contributed by atoms with Gasteiger partial charge >= 0.3 is 0 Å². The number of hydrogen-bond acceptors (Lipinski definition) is 3. The van der Waals surface area contributed by atoms with Crippen LogP contribution in [0.5, 0.6) is 0 Å². The van der Waals surface area contributed by atoms with E-state index in [-0.39, 0.29) is 4.90 Å². The maximum atomic E-state index is 10.5. The van der Waals surface area contributed by atoms with Crippen molar-refractivity contribution >= 4 is 15.8 Å². The molecule has 0 aliphatic heterocycles. The zero-order chi connectivity index (χ0) is 15.2. The summed E-state index contributed by atoms with van der Waals surface area (Å²) < 4.78 is 31.6. The fraction of sp³-hybridized carbons (Fsp3) is 0.214. The second-order valence-electron chi connectivity index (χ2n) is 4.29. The van der Waals surface area contributed by atoms with E-state index < -0.39 is 10.1 Å². The summed E-state index contributed by atoms with van der Waals surface area (Å²) in [6, 6.07) is 10.0. The van der Waals surface area contributed by atoms with Gasteiger partial charge in [0.25, 0.3) is 10.1 Å². The van der Waals surface area contributed by atoms with Crippen molar-refractivity contribution in [2.45, 2.75) is 11.8 Å². The third kappa shape index (κ3) is 5.38. The van der Waals surface area contributed by atoms with Crippen molar-refractivity contribution < 1.29 is 17.5 Å². The molecule has 0 unspecified atom stereocenters. The Morgan fingerprint density at radius 3 is 1.95 bits per heavy atom. The molecule has 0 atom stereocenters. The van der Waals surface area contributed by atoms with Crippen LogP contribution in [-0.4, -0.2) is 20.0 Å². The average Bonchev–Trinajstić information content (AvgIpc) is 2.40. The molecular formula is C14H19N2O3S+. The molecule has 0 aliphatic carbocycles. The van der Waals surface area contributed by atoms with Crippen LogP contribution in [0.15, 0.2) is 53.7 Å². The maximum Gasteiger partial charge on any atom is 0.294 e. The molecule has 5 nitrogen and oxygen atoms in total. The monoisotopic (exact) mass is 295 g/mol. The molecule has 0 saturated heterocycles. The van der Waals surface area contributed by atoms with Crippen molar-refractivity contribution in [1.29, 1.82) is 0 Å². The Morgan fingerprint density at radius 2 is 1.55 bits per heavy atom. The van der Waals surface area contributed by atoms with Gasteiger partial charge in [-0.2, -0.15) is 8.42 Å². The van der Waals surface area contributed by atoms with Gasteiger partial charge in [0.15, 0.2) is 12.4 Å². The van der Waals surface area contributed by atoms with Gasteiger partial charge in [0, 0.05) is 24.9 Å². The summed E-state index contributed by atoms with van der Waals surface area (Å²) in [4.78, 5) is -0.0666. The summed E-state index contributed by atoms with van der Waals surface area (Å²) in [7, 11) is -0.108. The van der Waals surface area contributed by atoms with Crippen LogP contribution in [0.1, 0.15) is 5.56 Å². The molecule has 6 heteroatoms. The SMILES string of the molecule is CNc1cc[n+](C)cc1.Cc1ccc(S(=O)(=O)O)cc1. The minimum Gasteiger partial charge on any atom is -0.388 e. The van der Waals surface area contributed by atoms with Crippen molar-refractivity contribution in [2.24, 2.45) is 7.05 Å². The van der Waals surface area contributed by atoms with Crippen molar-refractivity contribution in [3.8, 4) is 0 Å². The number of anilines is 1. The predicted octanol–water partition coefficient (Wildman–Crippen LogP) is 1.79. The summed E-state index contributed by atoms with van der Waals surface area (Å²) >= 11 is 0. The number of rotatable bonds is 2. The second-order valence-corrected chi connectivity index (χ2v) is 5.71. The quantitative estimate of drug-likeness (QED) is 0.654. The number of hydrogen-bond donors (Lipinski definition) is 2. The molecule has 0 amide bonds. The van der Waals surface area contributed by atoms with Crippen molar-refractivity contribution in [1.82, 2.24) is 0 Å². The van der Waals surface area contributed by atoms with Crippen LogP contribution in [0.2, 0.25) is 0 Å². The molecule has 2 N–H and O–H groups in total. The lowest BCUT2D eigenvalue weighted by molar-refractivity contribution is -0.671. The fourth-order valence-electron chi connectivity index (χ4n) is 1.38. The van der Waals surface area contributed by atoms with Gasteiger partial charge in [-0.15, -0.1) is 0 Å². The largest absolute Gasteiger partial charge is 0.388 e. The molecule has 2 rings (SSSR count). The van der Waals surface area contributed by atoms with Crippen LogP contribution in [0.3, 0.4) is 0 Å².